The first kappa shape index (κ1) is 20.6. The molecule has 0 spiro atoms. The highest BCUT2D eigenvalue weighted by Gasteiger charge is 2.43. The van der Waals surface area contributed by atoms with E-state index in [4.69, 9.17) is 10.5 Å². The van der Waals surface area contributed by atoms with Crippen LogP contribution < -0.4 is 5.73 Å². The van der Waals surface area contributed by atoms with Crippen LogP contribution in [0, 0.1) is 5.92 Å². The molecular formula is C17H28ClN3O3S. The normalized spacial score (nSPS) is 31.6. The number of nitrogens with two attached hydrogens (primary N) is 1. The molecule has 8 heteroatoms. The second-order valence-corrected chi connectivity index (χ2v) is 8.78. The molecule has 0 amide bonds. The van der Waals surface area contributed by atoms with Gasteiger partial charge in [0.1, 0.15) is 0 Å². The summed E-state index contributed by atoms with van der Waals surface area (Å²) in [6.07, 6.45) is -0.0752. The predicted octanol–water partition coefficient (Wildman–Crippen LogP) is 1.44. The van der Waals surface area contributed by atoms with Crippen LogP contribution in [0.3, 0.4) is 0 Å². The Hall–Kier alpha value is -0.700. The molecule has 2 aliphatic rings. The van der Waals surface area contributed by atoms with Crippen molar-refractivity contribution in [2.45, 2.75) is 31.9 Å². The van der Waals surface area contributed by atoms with Crippen LogP contribution in [0.25, 0.3) is 0 Å². The fourth-order valence-electron chi connectivity index (χ4n) is 3.68. The lowest BCUT2D eigenvalue weighted by atomic mass is 9.89. The first-order valence-electron chi connectivity index (χ1n) is 8.57. The molecule has 2 fully saturated rings. The monoisotopic (exact) mass is 389 g/mol. The van der Waals surface area contributed by atoms with Gasteiger partial charge in [-0.15, -0.1) is 12.4 Å². The number of benzene rings is 1. The molecule has 2 heterocycles. The van der Waals surface area contributed by atoms with Crippen LogP contribution in [-0.4, -0.2) is 62.0 Å². The van der Waals surface area contributed by atoms with E-state index in [0.29, 0.717) is 32.8 Å². The van der Waals surface area contributed by atoms with Gasteiger partial charge in [-0.1, -0.05) is 30.3 Å². The number of hydrogen-bond acceptors (Lipinski definition) is 4. The van der Waals surface area contributed by atoms with Crippen LogP contribution in [0.15, 0.2) is 30.3 Å². The van der Waals surface area contributed by atoms with Gasteiger partial charge in [-0.2, -0.15) is 17.0 Å². The summed E-state index contributed by atoms with van der Waals surface area (Å²) in [6, 6.07) is 9.93. The molecule has 0 bridgehead atoms. The van der Waals surface area contributed by atoms with Crippen molar-refractivity contribution in [3.63, 3.8) is 0 Å². The lowest BCUT2D eigenvalue weighted by Crippen LogP contribution is -2.54. The quantitative estimate of drug-likeness (QED) is 0.845. The maximum Gasteiger partial charge on any atom is 0.282 e. The molecule has 2 unspecified atom stereocenters. The molecule has 25 heavy (non-hydrogen) atoms. The van der Waals surface area contributed by atoms with E-state index in [1.54, 1.807) is 8.61 Å². The Kier molecular flexibility index (Phi) is 6.87. The van der Waals surface area contributed by atoms with Crippen molar-refractivity contribution in [2.75, 3.05) is 32.8 Å². The molecule has 2 aliphatic heterocycles. The first-order chi connectivity index (χ1) is 11.4. The van der Waals surface area contributed by atoms with E-state index in [-0.39, 0.29) is 36.4 Å². The second kappa shape index (κ2) is 8.33. The van der Waals surface area contributed by atoms with E-state index >= 15 is 0 Å². The zero-order valence-corrected chi connectivity index (χ0v) is 16.4. The maximum absolute atomic E-state index is 13.1. The second-order valence-electron chi connectivity index (χ2n) is 6.90. The van der Waals surface area contributed by atoms with Crippen molar-refractivity contribution >= 4 is 22.6 Å². The van der Waals surface area contributed by atoms with Crippen LogP contribution in [-0.2, 0) is 14.9 Å². The number of nitrogens with zero attached hydrogens (tertiary/aromatic N) is 2. The molecule has 0 radical (unpaired) electrons. The summed E-state index contributed by atoms with van der Waals surface area (Å²) in [5, 5.41) is 0. The van der Waals surface area contributed by atoms with E-state index in [0.717, 1.165) is 5.56 Å². The Morgan fingerprint density at radius 1 is 1.16 bits per heavy atom. The number of hydrogen-bond donors (Lipinski definition) is 1. The van der Waals surface area contributed by atoms with Crippen LogP contribution in [0.2, 0.25) is 0 Å². The van der Waals surface area contributed by atoms with Crippen LogP contribution in [0.1, 0.15) is 25.3 Å². The van der Waals surface area contributed by atoms with Crippen LogP contribution in [0.4, 0.5) is 0 Å². The summed E-state index contributed by atoms with van der Waals surface area (Å²) in [5.74, 6) is 0.302. The minimum Gasteiger partial charge on any atom is -0.375 e. The number of halogens is 1. The first-order valence-corrected chi connectivity index (χ1v) is 9.96. The van der Waals surface area contributed by atoms with Gasteiger partial charge in [0.2, 0.25) is 0 Å². The Morgan fingerprint density at radius 3 is 2.48 bits per heavy atom. The van der Waals surface area contributed by atoms with E-state index in [1.807, 2.05) is 32.0 Å². The number of morpholine rings is 1. The Bertz CT molecular complexity index is 658. The van der Waals surface area contributed by atoms with Gasteiger partial charge in [0.25, 0.3) is 10.2 Å². The molecule has 4 atom stereocenters. The zero-order chi connectivity index (χ0) is 17.3. The van der Waals surface area contributed by atoms with Crippen LogP contribution in [0.5, 0.6) is 0 Å². The molecule has 0 aromatic heterocycles. The fourth-order valence-corrected chi connectivity index (χ4v) is 5.62. The van der Waals surface area contributed by atoms with Gasteiger partial charge >= 0.3 is 0 Å². The summed E-state index contributed by atoms with van der Waals surface area (Å²) in [6.45, 7) is 6.12. The lowest BCUT2D eigenvalue weighted by Gasteiger charge is -2.37. The van der Waals surface area contributed by atoms with Gasteiger partial charge in [-0.25, -0.2) is 0 Å². The molecule has 2 N–H and O–H groups in total. The van der Waals surface area contributed by atoms with Crippen molar-refractivity contribution in [3.05, 3.63) is 35.9 Å². The topological polar surface area (TPSA) is 75.9 Å². The smallest absolute Gasteiger partial charge is 0.282 e. The van der Waals surface area contributed by atoms with E-state index < -0.39 is 10.2 Å². The SMILES string of the molecule is CC1CN(S(=O)(=O)N2C[C@@H](CN)[C@H](c3ccccc3)C2)C(C)CO1.Cl. The Labute approximate surface area is 156 Å². The molecule has 6 nitrogen and oxygen atoms in total. The zero-order valence-electron chi connectivity index (χ0n) is 14.7. The minimum atomic E-state index is -3.50. The summed E-state index contributed by atoms with van der Waals surface area (Å²) >= 11 is 0. The van der Waals surface area contributed by atoms with Crippen molar-refractivity contribution in [1.82, 2.24) is 8.61 Å². The Morgan fingerprint density at radius 2 is 1.84 bits per heavy atom. The van der Waals surface area contributed by atoms with Crippen LogP contribution >= 0.6 is 12.4 Å². The standard InChI is InChI=1S/C17H27N3O3S.ClH/c1-13-12-23-14(2)9-20(13)24(21,22)19-10-16(8-18)17(11-19)15-6-4-3-5-7-15;/h3-7,13-14,16-17H,8-12,18H2,1-2H3;1H/t13?,14?,16-,17+;/m1./s1. The third-order valence-electron chi connectivity index (χ3n) is 5.11. The van der Waals surface area contributed by atoms with Crippen molar-refractivity contribution in [3.8, 4) is 0 Å². The molecule has 2 saturated heterocycles. The molecular weight excluding hydrogens is 362 g/mol. The van der Waals surface area contributed by atoms with Crippen molar-refractivity contribution in [1.29, 1.82) is 0 Å². The maximum atomic E-state index is 13.1. The molecule has 1 aromatic carbocycles. The molecule has 3 rings (SSSR count). The third-order valence-corrected chi connectivity index (χ3v) is 7.16. The Balaban J connectivity index is 0.00000225. The highest BCUT2D eigenvalue weighted by atomic mass is 35.5. The van der Waals surface area contributed by atoms with Gasteiger partial charge in [0.05, 0.1) is 12.7 Å². The van der Waals surface area contributed by atoms with Gasteiger partial charge in [-0.3, -0.25) is 0 Å². The van der Waals surface area contributed by atoms with Gasteiger partial charge in [0, 0.05) is 31.6 Å². The van der Waals surface area contributed by atoms with Crippen molar-refractivity contribution < 1.29 is 13.2 Å². The predicted molar refractivity (Wildman–Crippen MR) is 101 cm³/mol. The lowest BCUT2D eigenvalue weighted by molar-refractivity contribution is -0.0188. The highest BCUT2D eigenvalue weighted by molar-refractivity contribution is 7.86. The minimum absolute atomic E-state index is 0. The third kappa shape index (κ3) is 4.18. The molecule has 142 valence electrons. The van der Waals surface area contributed by atoms with Gasteiger partial charge < -0.3 is 10.5 Å². The van der Waals surface area contributed by atoms with Gasteiger partial charge in [0.15, 0.2) is 0 Å². The summed E-state index contributed by atoms with van der Waals surface area (Å²) < 4.78 is 35.0. The summed E-state index contributed by atoms with van der Waals surface area (Å²) in [7, 11) is -3.50. The average Bonchev–Trinajstić information content (AvgIpc) is 3.03. The van der Waals surface area contributed by atoms with E-state index in [9.17, 15) is 8.42 Å². The average molecular weight is 390 g/mol. The fraction of sp³-hybridized carbons (Fsp3) is 0.647. The van der Waals surface area contributed by atoms with Gasteiger partial charge in [-0.05, 0) is 31.9 Å². The van der Waals surface area contributed by atoms with E-state index in [1.165, 1.54) is 0 Å². The largest absolute Gasteiger partial charge is 0.375 e. The number of ether oxygens (including phenoxy) is 1. The molecule has 0 saturated carbocycles. The number of rotatable bonds is 4. The highest BCUT2D eigenvalue weighted by Crippen LogP contribution is 2.35. The summed E-state index contributed by atoms with van der Waals surface area (Å²) in [4.78, 5) is 0. The van der Waals surface area contributed by atoms with E-state index in [2.05, 4.69) is 12.1 Å². The molecule has 0 aliphatic carbocycles. The van der Waals surface area contributed by atoms with Crippen molar-refractivity contribution in [2.24, 2.45) is 11.7 Å². The summed E-state index contributed by atoms with van der Waals surface area (Å²) in [5.41, 5.74) is 7.10. The molecule has 1 aromatic rings.